The van der Waals surface area contributed by atoms with E-state index in [2.05, 4.69) is 86.3 Å². The number of carbonyl (C=O) groups excluding carboxylic acids is 2. The molecule has 2 atom stereocenters. The molecule has 60 heavy (non-hydrogen) atoms. The number of aromatic nitrogens is 5. The summed E-state index contributed by atoms with van der Waals surface area (Å²) >= 11 is 0. The first-order valence-corrected chi connectivity index (χ1v) is 21.8. The van der Waals surface area contributed by atoms with Crippen LogP contribution in [0.2, 0.25) is 0 Å². The highest BCUT2D eigenvalue weighted by Gasteiger charge is 2.52. The number of aryl methyl sites for hydroxylation is 1. The maximum atomic E-state index is 13.5. The summed E-state index contributed by atoms with van der Waals surface area (Å²) in [5, 5.41) is 6.31. The summed E-state index contributed by atoms with van der Waals surface area (Å²) < 4.78 is 3.46. The number of allylic oxidation sites excluding steroid dienone is 1. The van der Waals surface area contributed by atoms with Crippen LogP contribution in [0, 0.1) is 11.3 Å². The molecule has 5 aromatic rings. The minimum absolute atomic E-state index is 0.165. The average Bonchev–Trinajstić information content (AvgIpc) is 3.77. The van der Waals surface area contributed by atoms with Gasteiger partial charge in [0.2, 0.25) is 17.8 Å². The fourth-order valence-corrected chi connectivity index (χ4v) is 10.8. The minimum atomic E-state index is -0.231. The first kappa shape index (κ1) is 38.5. The van der Waals surface area contributed by atoms with Crippen LogP contribution >= 0.6 is 0 Å². The second-order valence-corrected chi connectivity index (χ2v) is 17.9. The van der Waals surface area contributed by atoms with E-state index in [-0.39, 0.29) is 23.3 Å². The minimum Gasteiger partial charge on any atom is -0.369 e. The van der Waals surface area contributed by atoms with Crippen LogP contribution in [0.4, 0.5) is 17.3 Å². The van der Waals surface area contributed by atoms with Gasteiger partial charge in [-0.3, -0.25) is 29.5 Å². The van der Waals surface area contributed by atoms with E-state index >= 15 is 0 Å². The monoisotopic (exact) mass is 806 g/mol. The van der Waals surface area contributed by atoms with Crippen molar-refractivity contribution in [1.29, 1.82) is 0 Å². The Hall–Kier alpha value is -5.66. The molecule has 2 N–H and O–H groups in total. The van der Waals surface area contributed by atoms with Gasteiger partial charge in [-0.1, -0.05) is 43.3 Å². The second kappa shape index (κ2) is 15.7. The van der Waals surface area contributed by atoms with Gasteiger partial charge in [-0.05, 0) is 96.9 Å². The summed E-state index contributed by atoms with van der Waals surface area (Å²) in [6.45, 7) is 15.0. The molecule has 13 heteroatoms. The van der Waals surface area contributed by atoms with Crippen molar-refractivity contribution in [2.75, 3.05) is 56.0 Å². The van der Waals surface area contributed by atoms with E-state index in [1.165, 1.54) is 36.2 Å². The number of benzene rings is 2. The molecule has 1 spiro atoms. The molecular formula is C47H54N10O3. The SMILES string of the molecule is C=CCn1c(=O)c2cnc(Nc3ccc(N4CCN(CC5CC6(C5)CN(Cc5cccc(C7CCC(=O)NC7=O)c5)C6)CC4)cc3)nc2n1-c1ccc2c(n1)C(CC)CC2. The normalized spacial score (nSPS) is 21.8. The molecule has 2 aliphatic carbocycles. The van der Waals surface area contributed by atoms with E-state index < -0.39 is 0 Å². The third-order valence-corrected chi connectivity index (χ3v) is 13.8. The predicted octanol–water partition coefficient (Wildman–Crippen LogP) is 5.90. The highest BCUT2D eigenvalue weighted by molar-refractivity contribution is 6.00. The van der Waals surface area contributed by atoms with Crippen molar-refractivity contribution in [3.8, 4) is 5.82 Å². The molecular weight excluding hydrogens is 753 g/mol. The van der Waals surface area contributed by atoms with E-state index in [1.807, 2.05) is 22.9 Å². The number of amides is 2. The fourth-order valence-electron chi connectivity index (χ4n) is 10.8. The van der Waals surface area contributed by atoms with E-state index in [9.17, 15) is 14.4 Å². The molecule has 13 nitrogen and oxygen atoms in total. The lowest BCUT2D eigenvalue weighted by Crippen LogP contribution is -2.63. The zero-order valence-electron chi connectivity index (χ0n) is 34.5. The number of hydrogen-bond donors (Lipinski definition) is 2. The van der Waals surface area contributed by atoms with Gasteiger partial charge < -0.3 is 10.2 Å². The highest BCUT2D eigenvalue weighted by atomic mass is 16.2. The molecule has 2 unspecified atom stereocenters. The molecule has 3 aliphatic heterocycles. The van der Waals surface area contributed by atoms with Crippen LogP contribution in [0.15, 0.2) is 84.3 Å². The third kappa shape index (κ3) is 7.31. The van der Waals surface area contributed by atoms with Gasteiger partial charge in [-0.25, -0.2) is 19.3 Å². The summed E-state index contributed by atoms with van der Waals surface area (Å²) in [7, 11) is 0. The molecule has 0 bridgehead atoms. The van der Waals surface area contributed by atoms with E-state index in [4.69, 9.17) is 9.97 Å². The molecule has 2 amide bonds. The molecule has 3 saturated heterocycles. The van der Waals surface area contributed by atoms with Crippen molar-refractivity contribution < 1.29 is 9.59 Å². The van der Waals surface area contributed by atoms with Gasteiger partial charge in [0.15, 0.2) is 11.5 Å². The lowest BCUT2D eigenvalue weighted by molar-refractivity contribution is -0.134. The molecule has 310 valence electrons. The third-order valence-electron chi connectivity index (χ3n) is 13.8. The smallest absolute Gasteiger partial charge is 0.278 e. The number of likely N-dealkylation sites (tertiary alicyclic amines) is 1. The summed E-state index contributed by atoms with van der Waals surface area (Å²) in [4.78, 5) is 59.7. The van der Waals surface area contributed by atoms with Gasteiger partial charge >= 0.3 is 0 Å². The molecule has 3 aromatic heterocycles. The van der Waals surface area contributed by atoms with Gasteiger partial charge in [0.05, 0.1) is 12.5 Å². The zero-order valence-corrected chi connectivity index (χ0v) is 34.5. The largest absolute Gasteiger partial charge is 0.369 e. The van der Waals surface area contributed by atoms with Crippen molar-refractivity contribution in [3.63, 3.8) is 0 Å². The van der Waals surface area contributed by atoms with Crippen LogP contribution in [-0.2, 0) is 29.1 Å². The van der Waals surface area contributed by atoms with E-state index in [1.54, 1.807) is 17.0 Å². The van der Waals surface area contributed by atoms with Crippen LogP contribution in [-0.4, -0.2) is 91.7 Å². The number of rotatable bonds is 12. The van der Waals surface area contributed by atoms with E-state index in [0.717, 1.165) is 87.9 Å². The predicted molar refractivity (Wildman–Crippen MR) is 233 cm³/mol. The number of carbonyl (C=O) groups is 2. The van der Waals surface area contributed by atoms with Gasteiger partial charge in [-0.15, -0.1) is 6.58 Å². The Kier molecular flexibility index (Phi) is 10.1. The van der Waals surface area contributed by atoms with Gasteiger partial charge in [-0.2, -0.15) is 4.98 Å². The summed E-state index contributed by atoms with van der Waals surface area (Å²) in [6.07, 6.45) is 10.1. The van der Waals surface area contributed by atoms with Crippen LogP contribution in [0.25, 0.3) is 16.9 Å². The first-order valence-electron chi connectivity index (χ1n) is 21.8. The standard InChI is InChI=1S/C47H54N10O3/c1-3-18-56-45(60)39-26-48-46(52-43(39)57(56)40-16-10-34-9-8-33(4-2)42(34)50-40)49-36-11-13-37(14-12-36)55-21-19-53(20-22-55)28-32-24-47(25-32)29-54(30-47)27-31-6-5-7-35(23-31)38-15-17-41(58)51-44(38)59/h3,5-7,10-14,16,23,26,32-33,38H,1,4,8-9,15,17-22,24-25,27-30H2,2H3,(H,48,49,52)(H,51,58,59). The van der Waals surface area contributed by atoms with Crippen LogP contribution in [0.1, 0.15) is 79.7 Å². The lowest BCUT2D eigenvalue weighted by atomic mass is 9.57. The molecule has 4 fully saturated rings. The number of fused-ring (bicyclic) bond motifs is 2. The Morgan fingerprint density at radius 2 is 1.75 bits per heavy atom. The maximum absolute atomic E-state index is 13.5. The number of piperidine rings is 1. The van der Waals surface area contributed by atoms with E-state index in [0.29, 0.717) is 53.5 Å². The number of anilines is 3. The molecule has 1 saturated carbocycles. The number of pyridine rings is 1. The van der Waals surface area contributed by atoms with Crippen molar-refractivity contribution in [2.45, 2.75) is 76.8 Å². The number of piperazine rings is 1. The van der Waals surface area contributed by atoms with Crippen molar-refractivity contribution in [2.24, 2.45) is 11.3 Å². The molecule has 0 radical (unpaired) electrons. The number of nitrogens with zero attached hydrogens (tertiary/aromatic N) is 8. The van der Waals surface area contributed by atoms with Crippen LogP contribution in [0.5, 0.6) is 0 Å². The Bertz CT molecular complexity index is 2500. The molecule has 2 aromatic carbocycles. The highest BCUT2D eigenvalue weighted by Crippen LogP contribution is 2.52. The van der Waals surface area contributed by atoms with Crippen molar-refractivity contribution in [1.82, 2.24) is 39.4 Å². The second-order valence-electron chi connectivity index (χ2n) is 17.9. The maximum Gasteiger partial charge on any atom is 0.278 e. The fraction of sp³-hybridized carbons (Fsp3) is 0.447. The molecule has 6 heterocycles. The average molecular weight is 807 g/mol. The van der Waals surface area contributed by atoms with Gasteiger partial charge in [0.25, 0.3) is 5.56 Å². The Morgan fingerprint density at radius 1 is 0.933 bits per heavy atom. The summed E-state index contributed by atoms with van der Waals surface area (Å²) in [5.41, 5.74) is 7.61. The van der Waals surface area contributed by atoms with Crippen molar-refractivity contribution >= 4 is 40.2 Å². The van der Waals surface area contributed by atoms with Gasteiger partial charge in [0.1, 0.15) is 5.39 Å². The molecule has 5 aliphatic rings. The Balaban J connectivity index is 0.710. The Labute approximate surface area is 350 Å². The first-order chi connectivity index (χ1) is 29.2. The van der Waals surface area contributed by atoms with Crippen LogP contribution in [0.3, 0.4) is 0 Å². The quantitative estimate of drug-likeness (QED) is 0.116. The Morgan fingerprint density at radius 3 is 2.52 bits per heavy atom. The van der Waals surface area contributed by atoms with Crippen LogP contribution < -0.4 is 21.1 Å². The van der Waals surface area contributed by atoms with Crippen molar-refractivity contribution in [3.05, 3.63) is 112 Å². The summed E-state index contributed by atoms with van der Waals surface area (Å²) in [6, 6.07) is 21.0. The molecule has 10 rings (SSSR count). The van der Waals surface area contributed by atoms with Gasteiger partial charge in [0, 0.05) is 88.0 Å². The number of nitrogens with one attached hydrogen (secondary N) is 2. The zero-order chi connectivity index (χ0) is 41.0. The number of hydrogen-bond acceptors (Lipinski definition) is 10. The lowest BCUT2D eigenvalue weighted by Gasteiger charge is -2.60. The number of imide groups is 1. The topological polar surface area (TPSA) is 134 Å². The summed E-state index contributed by atoms with van der Waals surface area (Å²) in [5.74, 6) is 1.74.